The van der Waals surface area contributed by atoms with Gasteiger partial charge in [-0.15, -0.1) is 0 Å². The molecule has 1 heterocycles. The lowest BCUT2D eigenvalue weighted by molar-refractivity contribution is -0.118. The lowest BCUT2D eigenvalue weighted by atomic mass is 10.1. The van der Waals surface area contributed by atoms with Crippen LogP contribution in [0.5, 0.6) is 0 Å². The Kier molecular flexibility index (Phi) is 5.98. The van der Waals surface area contributed by atoms with Crippen molar-refractivity contribution in [3.05, 3.63) is 47.1 Å². The Morgan fingerprint density at radius 1 is 1.27 bits per heavy atom. The van der Waals surface area contributed by atoms with Crippen LogP contribution in [0.1, 0.15) is 50.9 Å². The van der Waals surface area contributed by atoms with Crippen molar-refractivity contribution in [3.63, 3.8) is 0 Å². The number of hydrogen-bond donors (Lipinski definition) is 5. The Balaban J connectivity index is 2.23. The molecular weight excluding hydrogens is 346 g/mol. The van der Waals surface area contributed by atoms with Gasteiger partial charge in [0, 0.05) is 5.56 Å². The molecule has 2 atom stereocenters. The van der Waals surface area contributed by atoms with Gasteiger partial charge in [-0.05, 0) is 18.2 Å². The topological polar surface area (TPSA) is 195 Å². The van der Waals surface area contributed by atoms with Gasteiger partial charge in [0.05, 0.1) is 24.6 Å². The highest BCUT2D eigenvalue weighted by molar-refractivity contribution is 5.97. The highest BCUT2D eigenvalue weighted by atomic mass is 16.5. The highest BCUT2D eigenvalue weighted by Crippen LogP contribution is 2.18. The smallest absolute Gasteiger partial charge is 0.335 e. The fourth-order valence-corrected chi connectivity index (χ4v) is 2.06. The number of hydrogen-bond acceptors (Lipinski definition) is 8. The molecule has 0 fully saturated rings. The van der Waals surface area contributed by atoms with Gasteiger partial charge in [-0.2, -0.15) is 4.98 Å². The summed E-state index contributed by atoms with van der Waals surface area (Å²) in [6.45, 7) is -0.423. The third-order valence-electron chi connectivity index (χ3n) is 3.37. The monoisotopic (exact) mass is 363 g/mol. The molecule has 1 aromatic heterocycles. The van der Waals surface area contributed by atoms with Crippen molar-refractivity contribution in [2.45, 2.75) is 18.5 Å². The van der Waals surface area contributed by atoms with E-state index in [9.17, 15) is 14.4 Å². The van der Waals surface area contributed by atoms with Gasteiger partial charge in [-0.3, -0.25) is 9.59 Å². The lowest BCUT2D eigenvalue weighted by Crippen LogP contribution is -2.32. The van der Waals surface area contributed by atoms with E-state index < -0.39 is 36.5 Å². The summed E-state index contributed by atoms with van der Waals surface area (Å²) in [5.74, 6) is -2.70. The van der Waals surface area contributed by atoms with Crippen LogP contribution < -0.4 is 16.8 Å². The number of nitrogens with zero attached hydrogens (tertiary/aromatic N) is 2. The quantitative estimate of drug-likeness (QED) is 0.395. The van der Waals surface area contributed by atoms with Gasteiger partial charge in [-0.25, -0.2) is 4.79 Å². The molecule has 0 saturated heterocycles. The summed E-state index contributed by atoms with van der Waals surface area (Å²) < 4.78 is 4.98. The van der Waals surface area contributed by atoms with E-state index in [1.807, 2.05) is 0 Å². The number of carbonyl (C=O) groups excluding carboxylic acids is 2. The zero-order chi connectivity index (χ0) is 19.3. The molecule has 0 bridgehead atoms. The van der Waals surface area contributed by atoms with Crippen LogP contribution >= 0.6 is 0 Å². The van der Waals surface area contributed by atoms with Crippen LogP contribution in [0.2, 0.25) is 0 Å². The first-order valence-electron chi connectivity index (χ1n) is 7.44. The van der Waals surface area contributed by atoms with E-state index in [0.29, 0.717) is 0 Å². The number of carboxylic acids is 1. The number of nitrogens with two attached hydrogens (primary N) is 2. The van der Waals surface area contributed by atoms with Crippen LogP contribution in [0.15, 0.2) is 28.8 Å². The average molecular weight is 363 g/mol. The Morgan fingerprint density at radius 2 is 1.96 bits per heavy atom. The lowest BCUT2D eigenvalue weighted by Gasteiger charge is -2.13. The zero-order valence-corrected chi connectivity index (χ0v) is 13.5. The van der Waals surface area contributed by atoms with Crippen molar-refractivity contribution in [2.24, 2.45) is 11.5 Å². The van der Waals surface area contributed by atoms with Crippen molar-refractivity contribution in [3.8, 4) is 0 Å². The number of rotatable bonds is 8. The van der Waals surface area contributed by atoms with Crippen molar-refractivity contribution in [2.75, 3.05) is 6.61 Å². The maximum absolute atomic E-state index is 12.4. The van der Waals surface area contributed by atoms with Gasteiger partial charge in [0.15, 0.2) is 5.82 Å². The highest BCUT2D eigenvalue weighted by Gasteiger charge is 2.25. The molecule has 2 aromatic rings. The minimum atomic E-state index is -1.19. The van der Waals surface area contributed by atoms with Crippen LogP contribution in [-0.2, 0) is 4.79 Å². The van der Waals surface area contributed by atoms with Crippen LogP contribution in [0.25, 0.3) is 0 Å². The second kappa shape index (κ2) is 8.18. The van der Waals surface area contributed by atoms with Crippen LogP contribution in [-0.4, -0.2) is 44.7 Å². The van der Waals surface area contributed by atoms with Crippen LogP contribution in [0.3, 0.4) is 0 Å². The molecule has 0 aliphatic heterocycles. The van der Waals surface area contributed by atoms with E-state index in [-0.39, 0.29) is 29.3 Å². The van der Waals surface area contributed by atoms with E-state index in [0.717, 1.165) is 0 Å². The van der Waals surface area contributed by atoms with Crippen molar-refractivity contribution < 1.29 is 29.1 Å². The summed E-state index contributed by atoms with van der Waals surface area (Å²) in [5.41, 5.74) is 10.7. The summed E-state index contributed by atoms with van der Waals surface area (Å²) in [6.07, 6.45) is -0.333. The predicted octanol–water partition coefficient (Wildman–Crippen LogP) is -0.894. The second-order valence-corrected chi connectivity index (χ2v) is 5.36. The van der Waals surface area contributed by atoms with Gasteiger partial charge < -0.3 is 31.5 Å². The molecule has 11 nitrogen and oxygen atoms in total. The average Bonchev–Trinajstić information content (AvgIpc) is 3.10. The first-order valence-corrected chi connectivity index (χ1v) is 7.44. The summed E-state index contributed by atoms with van der Waals surface area (Å²) >= 11 is 0. The number of nitrogens with one attached hydrogen (secondary N) is 1. The number of aliphatic hydroxyl groups excluding tert-OH is 1. The van der Waals surface area contributed by atoms with Crippen LogP contribution in [0.4, 0.5) is 0 Å². The Hall–Kier alpha value is -3.31. The second-order valence-electron chi connectivity index (χ2n) is 5.36. The van der Waals surface area contributed by atoms with Crippen molar-refractivity contribution >= 4 is 17.8 Å². The summed E-state index contributed by atoms with van der Waals surface area (Å²) in [6, 6.07) is 3.40. The van der Waals surface area contributed by atoms with Crippen LogP contribution in [0, 0.1) is 0 Å². The molecule has 7 N–H and O–H groups in total. The number of amides is 2. The molecule has 2 rings (SSSR count). The van der Waals surface area contributed by atoms with E-state index in [1.165, 1.54) is 24.3 Å². The fraction of sp³-hybridized carbons (Fsp3) is 0.267. The SMILES string of the molecule is NC(=O)C[C@H](NC(=O)c1cccc(C(=O)O)c1)c1nc([C@@H](N)CO)no1. The largest absolute Gasteiger partial charge is 0.478 e. The van der Waals surface area contributed by atoms with Gasteiger partial charge in [-0.1, -0.05) is 11.2 Å². The third kappa shape index (κ3) is 4.62. The number of aliphatic hydroxyl groups is 1. The number of benzene rings is 1. The Morgan fingerprint density at radius 3 is 2.58 bits per heavy atom. The molecule has 0 saturated carbocycles. The first kappa shape index (κ1) is 19.0. The number of primary amides is 1. The minimum Gasteiger partial charge on any atom is -0.478 e. The Labute approximate surface area is 147 Å². The van der Waals surface area contributed by atoms with Gasteiger partial charge in [0.2, 0.25) is 11.8 Å². The summed E-state index contributed by atoms with van der Waals surface area (Å²) in [7, 11) is 0. The third-order valence-corrected chi connectivity index (χ3v) is 3.37. The van der Waals surface area contributed by atoms with Gasteiger partial charge in [0.1, 0.15) is 6.04 Å². The van der Waals surface area contributed by atoms with E-state index in [4.69, 9.17) is 26.2 Å². The maximum Gasteiger partial charge on any atom is 0.335 e. The minimum absolute atomic E-state index is 0.000839. The summed E-state index contributed by atoms with van der Waals surface area (Å²) in [4.78, 5) is 38.6. The zero-order valence-electron chi connectivity index (χ0n) is 13.5. The molecule has 26 heavy (non-hydrogen) atoms. The molecule has 138 valence electrons. The van der Waals surface area contributed by atoms with Gasteiger partial charge >= 0.3 is 5.97 Å². The molecule has 0 aliphatic carbocycles. The molecule has 2 amide bonds. The number of aromatic nitrogens is 2. The van der Waals surface area contributed by atoms with Crippen molar-refractivity contribution in [1.29, 1.82) is 0 Å². The number of carboxylic acid groups (broad SMARTS) is 1. The maximum atomic E-state index is 12.4. The number of aromatic carboxylic acids is 1. The molecular formula is C15H17N5O6. The van der Waals surface area contributed by atoms with E-state index >= 15 is 0 Å². The predicted molar refractivity (Wildman–Crippen MR) is 85.7 cm³/mol. The standard InChI is InChI=1S/C15H17N5O6/c16-9(6-21)12-19-14(26-20-12)10(5-11(17)22)18-13(23)7-2-1-3-8(4-7)15(24)25/h1-4,9-10,21H,5-6,16H2,(H2,17,22)(H,18,23)(H,24,25)/t9-,10-/m0/s1. The van der Waals surface area contributed by atoms with E-state index in [1.54, 1.807) is 0 Å². The normalized spacial score (nSPS) is 13.0. The van der Waals surface area contributed by atoms with E-state index in [2.05, 4.69) is 15.5 Å². The molecule has 0 radical (unpaired) electrons. The van der Waals surface area contributed by atoms with Gasteiger partial charge in [0.25, 0.3) is 5.91 Å². The molecule has 0 unspecified atom stereocenters. The first-order chi connectivity index (χ1) is 12.3. The summed E-state index contributed by atoms with van der Waals surface area (Å²) in [5, 5.41) is 24.1. The molecule has 0 spiro atoms. The molecule has 1 aromatic carbocycles. The fourth-order valence-electron chi connectivity index (χ4n) is 2.06. The molecule has 0 aliphatic rings. The van der Waals surface area contributed by atoms with Crippen molar-refractivity contribution in [1.82, 2.24) is 15.5 Å². The number of carbonyl (C=O) groups is 3. The molecule has 11 heteroatoms. The Bertz CT molecular complexity index is 820.